The minimum absolute atomic E-state index is 0. The van der Waals surface area contributed by atoms with Crippen molar-refractivity contribution >= 4 is 8.37 Å². The molecule has 334 valence electrons. The Morgan fingerprint density at radius 2 is 0.411 bits per heavy atom. The minimum Gasteiger partial charge on any atom is -1.00 e. The maximum absolute atomic E-state index is 3.46. The van der Waals surface area contributed by atoms with Crippen molar-refractivity contribution < 1.29 is 12.4 Å². The molecule has 0 spiro atoms. The van der Waals surface area contributed by atoms with E-state index >= 15 is 0 Å². The zero-order valence-corrected chi connectivity index (χ0v) is 42.7. The molecule has 0 atom stereocenters. The third-order valence-corrected chi connectivity index (χ3v) is 15.3. The van der Waals surface area contributed by atoms with Crippen LogP contribution in [0, 0.1) is 0 Å². The van der Waals surface area contributed by atoms with Gasteiger partial charge in [0.1, 0.15) is 0 Å². The van der Waals surface area contributed by atoms with E-state index in [2.05, 4.69) is 155 Å². The zero-order valence-electron chi connectivity index (χ0n) is 40.9. The summed E-state index contributed by atoms with van der Waals surface area (Å²) < 4.78 is 9.81. The molecule has 3 N–H and O–H groups in total. The lowest BCUT2D eigenvalue weighted by molar-refractivity contribution is -0.0000231. The largest absolute Gasteiger partial charge is 1.00 e. The smallest absolute Gasteiger partial charge is 0.215 e. The van der Waals surface area contributed by atoms with Crippen molar-refractivity contribution in [3.05, 3.63) is 0 Å². The lowest BCUT2D eigenvalue weighted by Gasteiger charge is -2.57. The fourth-order valence-electron chi connectivity index (χ4n) is 9.64. The molecule has 0 saturated heterocycles. The van der Waals surface area contributed by atoms with E-state index in [9.17, 15) is 0 Å². The summed E-state index contributed by atoms with van der Waals surface area (Å²) in [7, 11) is -0.720. The molecule has 6 saturated carbocycles. The Bertz CT molecular complexity index is 866. The maximum atomic E-state index is 3.46. The van der Waals surface area contributed by atoms with Crippen LogP contribution < -0.4 is 28.4 Å². The topological polar surface area (TPSA) is 45.8 Å². The summed E-state index contributed by atoms with van der Waals surface area (Å²) >= 11 is 0. The molecule has 0 aromatic carbocycles. The van der Waals surface area contributed by atoms with E-state index in [1.807, 2.05) is 0 Å². The number of rotatable bonds is 9. The summed E-state index contributed by atoms with van der Waals surface area (Å²) in [5.41, 5.74) is 1.41. The fourth-order valence-corrected chi connectivity index (χ4v) is 13.9. The van der Waals surface area contributed by atoms with Crippen molar-refractivity contribution in [3.8, 4) is 0 Å². The van der Waals surface area contributed by atoms with Crippen LogP contribution in [0.25, 0.3) is 0 Å². The van der Waals surface area contributed by atoms with Crippen LogP contribution in [0.15, 0.2) is 0 Å². The maximum Gasteiger partial charge on any atom is 0.215 e. The highest BCUT2D eigenvalue weighted by atomic mass is 35.5. The molecule has 0 aromatic heterocycles. The number of nitrogens with one attached hydrogen (secondary N) is 3. The van der Waals surface area contributed by atoms with Gasteiger partial charge in [-0.2, -0.15) is 0 Å². The summed E-state index contributed by atoms with van der Waals surface area (Å²) in [6, 6.07) is 5.69. The van der Waals surface area contributed by atoms with Crippen LogP contribution >= 0.6 is 8.37 Å². The monoisotopic (exact) mass is 827 g/mol. The highest BCUT2D eigenvalue weighted by Gasteiger charge is 2.58. The molecule has 6 fully saturated rings. The van der Waals surface area contributed by atoms with Gasteiger partial charge < -0.3 is 28.4 Å². The van der Waals surface area contributed by atoms with Crippen LogP contribution in [0.1, 0.15) is 240 Å². The molecule has 0 heterocycles. The van der Waals surface area contributed by atoms with Crippen LogP contribution in [0.4, 0.5) is 0 Å². The molecule has 56 heavy (non-hydrogen) atoms. The summed E-state index contributed by atoms with van der Waals surface area (Å²) in [5.74, 6) is 0. The van der Waals surface area contributed by atoms with Gasteiger partial charge in [0.25, 0.3) is 0 Å². The average molecular weight is 828 g/mol. The second-order valence-corrected chi connectivity index (χ2v) is 27.1. The van der Waals surface area contributed by atoms with Crippen LogP contribution in [-0.2, 0) is 0 Å². The van der Waals surface area contributed by atoms with Crippen molar-refractivity contribution in [2.24, 2.45) is 0 Å². The second-order valence-electron chi connectivity index (χ2n) is 24.9. The fraction of sp³-hybridized carbons (Fsp3) is 1.00. The van der Waals surface area contributed by atoms with Gasteiger partial charge in [0, 0.05) is 69.5 Å². The molecule has 8 heteroatoms. The Morgan fingerprint density at radius 1 is 0.286 bits per heavy atom. The molecule has 0 aliphatic heterocycles. The van der Waals surface area contributed by atoms with E-state index in [4.69, 9.17) is 0 Å². The molecule has 6 nitrogen and oxygen atoms in total. The van der Waals surface area contributed by atoms with Gasteiger partial charge in [0.2, 0.25) is 8.37 Å². The van der Waals surface area contributed by atoms with Gasteiger partial charge in [-0.25, -0.2) is 0 Å². The summed E-state index contributed by atoms with van der Waals surface area (Å²) in [6.45, 7) is 39.2. The van der Waals surface area contributed by atoms with Gasteiger partial charge in [0.05, 0.1) is 0 Å². The van der Waals surface area contributed by atoms with Gasteiger partial charge >= 0.3 is 0 Å². The van der Waals surface area contributed by atoms with E-state index in [0.29, 0.717) is 0 Å². The minimum atomic E-state index is -0.720. The van der Waals surface area contributed by atoms with E-state index in [-0.39, 0.29) is 45.6 Å². The Labute approximate surface area is 359 Å². The Hall–Kier alpha value is 0.480. The van der Waals surface area contributed by atoms with E-state index < -0.39 is 8.37 Å². The average Bonchev–Trinajstić information content (AvgIpc) is 2.71. The van der Waals surface area contributed by atoms with Crippen molar-refractivity contribution in [2.75, 3.05) is 0 Å². The summed E-state index contributed by atoms with van der Waals surface area (Å²) in [5, 5.41) is 10.4. The van der Waals surface area contributed by atoms with Crippen LogP contribution in [0.3, 0.4) is 0 Å². The predicted octanol–water partition coefficient (Wildman–Crippen LogP) is 9.69. The molecule has 0 radical (unpaired) electrons. The Morgan fingerprint density at radius 3 is 0.464 bits per heavy atom. The highest BCUT2D eigenvalue weighted by Crippen LogP contribution is 2.64. The van der Waals surface area contributed by atoms with Crippen molar-refractivity contribution in [1.82, 2.24) is 30.0 Å². The molecule has 6 aliphatic carbocycles. The van der Waals surface area contributed by atoms with Gasteiger partial charge in [-0.3, -0.25) is 0 Å². The van der Waals surface area contributed by atoms with Crippen molar-refractivity contribution in [1.29, 1.82) is 0 Å². The lowest BCUT2D eigenvalue weighted by Crippen LogP contribution is -3.00. The van der Waals surface area contributed by atoms with Crippen molar-refractivity contribution in [2.45, 2.75) is 310 Å². The molecule has 0 unspecified atom stereocenters. The Kier molecular flexibility index (Phi) is 20.2. The first-order chi connectivity index (χ1) is 25.0. The summed E-state index contributed by atoms with van der Waals surface area (Å²) in [4.78, 5) is 0. The van der Waals surface area contributed by atoms with Crippen LogP contribution in [-0.4, -0.2) is 83.5 Å². The molecule has 0 aromatic rings. The number of nitrogens with zero attached hydrogens (tertiary/aromatic N) is 3. The predicted molar refractivity (Wildman–Crippen MR) is 248 cm³/mol. The molecule has 6 rings (SSSR count). The van der Waals surface area contributed by atoms with Gasteiger partial charge in [-0.05, 0) is 202 Å². The highest BCUT2D eigenvalue weighted by molar-refractivity contribution is 7.50. The Balaban J connectivity index is 0.000000321. The first-order valence-corrected chi connectivity index (χ1v) is 25.0. The third kappa shape index (κ3) is 19.0. The lowest BCUT2D eigenvalue weighted by atomic mass is 9.87. The third-order valence-electron chi connectivity index (χ3n) is 11.8. The normalized spacial score (nSPS) is 22.2. The van der Waals surface area contributed by atoms with E-state index in [1.54, 1.807) is 0 Å². The number of halogens is 1. The molecule has 6 aliphatic rings. The van der Waals surface area contributed by atoms with Gasteiger partial charge in [-0.1, -0.05) is 38.5 Å². The standard InChI is InChI=1S/C24H42N3P.3C8H19N.ClH/c1-7-19(8-1)25(20-9-2-10-20)28(26(21-11-3-12-21)22-13-4-14-22)27(23-15-5-16-23)24-17-6-18-24;3*1-7(2,3)9-8(4,5)6;/h19-24H,1-18H2;3*9H,1-6H3;1H. The SMILES string of the molecule is C1CC(N(C2CCC2)[PH+](N(C2CCC2)C2CCC2)N(C2CCC2)C2CCC2)C1.CC(C)(C)NC(C)(C)C.CC(C)(C)NC(C)(C)C.CC(C)(C)NC(C)(C)C.[Cl-]. The first kappa shape index (κ1) is 52.6. The first-order valence-electron chi connectivity index (χ1n) is 23.6. The molecule has 0 amide bonds. The van der Waals surface area contributed by atoms with Crippen LogP contribution in [0.2, 0.25) is 0 Å². The zero-order chi connectivity index (χ0) is 41.6. The molecule has 0 bridgehead atoms. The van der Waals surface area contributed by atoms with Crippen LogP contribution in [0.5, 0.6) is 0 Å². The number of hydrogen-bond donors (Lipinski definition) is 3. The molecular weight excluding hydrogens is 727 g/mol. The number of hydrogen-bond acceptors (Lipinski definition) is 6. The van der Waals surface area contributed by atoms with E-state index in [1.165, 1.54) is 116 Å². The van der Waals surface area contributed by atoms with Gasteiger partial charge in [0.15, 0.2) is 0 Å². The quantitative estimate of drug-likeness (QED) is 0.202. The summed E-state index contributed by atoms with van der Waals surface area (Å²) in [6.07, 6.45) is 27.1. The second kappa shape index (κ2) is 21.5. The van der Waals surface area contributed by atoms with E-state index in [0.717, 1.165) is 36.3 Å². The molecular formula is C48H100ClN6P. The van der Waals surface area contributed by atoms with Gasteiger partial charge in [-0.15, -0.1) is 14.0 Å². The van der Waals surface area contributed by atoms with Crippen molar-refractivity contribution in [3.63, 3.8) is 0 Å².